The Kier molecular flexibility index (Phi) is 12.6. The van der Waals surface area contributed by atoms with Crippen LogP contribution in [0.15, 0.2) is 54.6 Å². The molecule has 2 rings (SSSR count). The molecule has 0 heterocycles. The first kappa shape index (κ1) is 31.8. The summed E-state index contributed by atoms with van der Waals surface area (Å²) in [4.78, 5) is 62.1. The van der Waals surface area contributed by atoms with Crippen molar-refractivity contribution in [3.05, 3.63) is 65.7 Å². The minimum atomic E-state index is -1.03. The Bertz CT molecular complexity index is 1160. The van der Waals surface area contributed by atoms with Crippen LogP contribution in [0.2, 0.25) is 0 Å². The Morgan fingerprint density at radius 2 is 1.40 bits per heavy atom. The van der Waals surface area contributed by atoms with Crippen molar-refractivity contribution in [2.24, 2.45) is 11.7 Å². The lowest BCUT2D eigenvalue weighted by Crippen LogP contribution is -2.56. The number of nitrogens with two attached hydrogens (primary N) is 1. The molecule has 0 aromatic heterocycles. The highest BCUT2D eigenvalue weighted by atomic mass is 16.3. The molecule has 0 bridgehead atoms. The summed E-state index contributed by atoms with van der Waals surface area (Å²) in [7, 11) is 0. The molecule has 0 radical (unpaired) electrons. The SMILES string of the molecule is CC(=O)NNC(=O)[C@H](Cc1ccccc1)NC(=O)CNC(=O)[C@@H](CC(C)C)NC(=O)[C@@H](N)Cc1ccc(O)cc1. The van der Waals surface area contributed by atoms with E-state index in [1.807, 2.05) is 19.9 Å². The van der Waals surface area contributed by atoms with E-state index in [-0.39, 0.29) is 24.5 Å². The van der Waals surface area contributed by atoms with Gasteiger partial charge in [0.2, 0.25) is 23.6 Å². The minimum Gasteiger partial charge on any atom is -0.508 e. The molecule has 0 aliphatic rings. The lowest BCUT2D eigenvalue weighted by atomic mass is 10.0. The lowest BCUT2D eigenvalue weighted by Gasteiger charge is -2.23. The molecule has 12 nitrogen and oxygen atoms in total. The number of hydrogen-bond acceptors (Lipinski definition) is 7. The Labute approximate surface area is 233 Å². The van der Waals surface area contributed by atoms with Crippen molar-refractivity contribution in [1.82, 2.24) is 26.8 Å². The third-order valence-electron chi connectivity index (χ3n) is 5.79. The first-order valence-corrected chi connectivity index (χ1v) is 13.0. The van der Waals surface area contributed by atoms with E-state index >= 15 is 0 Å². The molecule has 12 heteroatoms. The summed E-state index contributed by atoms with van der Waals surface area (Å²) in [5, 5.41) is 17.2. The van der Waals surface area contributed by atoms with Crippen molar-refractivity contribution < 1.29 is 29.1 Å². The van der Waals surface area contributed by atoms with Crippen LogP contribution in [-0.2, 0) is 36.8 Å². The Hall–Kier alpha value is -4.45. The van der Waals surface area contributed by atoms with Gasteiger partial charge >= 0.3 is 0 Å². The second-order valence-electron chi connectivity index (χ2n) is 9.87. The average Bonchev–Trinajstić information content (AvgIpc) is 2.91. The van der Waals surface area contributed by atoms with Gasteiger partial charge in [0.25, 0.3) is 5.91 Å². The van der Waals surface area contributed by atoms with E-state index in [0.29, 0.717) is 6.42 Å². The second-order valence-corrected chi connectivity index (χ2v) is 9.87. The number of hydrogen-bond donors (Lipinski definition) is 7. The molecule has 0 aliphatic carbocycles. The number of phenolic OH excluding ortho intramolecular Hbond substituents is 1. The molecule has 2 aromatic rings. The summed E-state index contributed by atoms with van der Waals surface area (Å²) in [6.07, 6.45) is 0.658. The van der Waals surface area contributed by atoms with Crippen molar-refractivity contribution in [3.63, 3.8) is 0 Å². The topological polar surface area (TPSA) is 192 Å². The fourth-order valence-electron chi connectivity index (χ4n) is 3.79. The zero-order valence-electron chi connectivity index (χ0n) is 22.9. The lowest BCUT2D eigenvalue weighted by molar-refractivity contribution is -0.133. The quantitative estimate of drug-likeness (QED) is 0.167. The van der Waals surface area contributed by atoms with Crippen LogP contribution in [0.1, 0.15) is 38.3 Å². The van der Waals surface area contributed by atoms with Crippen molar-refractivity contribution in [3.8, 4) is 5.75 Å². The van der Waals surface area contributed by atoms with Crippen LogP contribution in [0.4, 0.5) is 0 Å². The first-order chi connectivity index (χ1) is 18.9. The van der Waals surface area contributed by atoms with Gasteiger partial charge in [0.05, 0.1) is 12.6 Å². The molecular formula is C28H38N6O6. The highest BCUT2D eigenvalue weighted by Crippen LogP contribution is 2.11. The third kappa shape index (κ3) is 11.5. The molecule has 8 N–H and O–H groups in total. The summed E-state index contributed by atoms with van der Waals surface area (Å²) >= 11 is 0. The molecule has 0 aliphatic heterocycles. The fraction of sp³-hybridized carbons (Fsp3) is 0.393. The van der Waals surface area contributed by atoms with Gasteiger partial charge in [-0.25, -0.2) is 0 Å². The van der Waals surface area contributed by atoms with E-state index < -0.39 is 54.2 Å². The van der Waals surface area contributed by atoms with E-state index in [1.165, 1.54) is 19.1 Å². The van der Waals surface area contributed by atoms with Gasteiger partial charge in [-0.2, -0.15) is 0 Å². The van der Waals surface area contributed by atoms with Crippen LogP contribution in [0.5, 0.6) is 5.75 Å². The maximum atomic E-state index is 12.9. The molecule has 0 unspecified atom stereocenters. The maximum absolute atomic E-state index is 12.9. The van der Waals surface area contributed by atoms with Crippen LogP contribution >= 0.6 is 0 Å². The molecule has 216 valence electrons. The fourth-order valence-corrected chi connectivity index (χ4v) is 3.79. The van der Waals surface area contributed by atoms with Crippen molar-refractivity contribution >= 4 is 29.5 Å². The highest BCUT2D eigenvalue weighted by Gasteiger charge is 2.26. The van der Waals surface area contributed by atoms with E-state index in [1.54, 1.807) is 36.4 Å². The van der Waals surface area contributed by atoms with Gasteiger partial charge in [-0.1, -0.05) is 56.3 Å². The van der Waals surface area contributed by atoms with Gasteiger partial charge in [-0.3, -0.25) is 34.8 Å². The average molecular weight is 555 g/mol. The molecule has 0 saturated heterocycles. The third-order valence-corrected chi connectivity index (χ3v) is 5.79. The number of rotatable bonds is 13. The smallest absolute Gasteiger partial charge is 0.261 e. The van der Waals surface area contributed by atoms with E-state index in [2.05, 4.69) is 26.8 Å². The standard InChI is InChI=1S/C28H38N6O6/c1-17(2)13-23(32-26(38)22(29)14-20-9-11-21(36)12-10-20)27(39)30-16-25(37)31-24(28(40)34-33-18(3)35)15-19-7-5-4-6-8-19/h4-12,17,22-24,36H,13-16,29H2,1-3H3,(H,30,39)(H,31,37)(H,32,38)(H,33,35)(H,34,40)/t22-,23+,24-/m0/s1. The summed E-state index contributed by atoms with van der Waals surface area (Å²) in [6, 6.07) is 12.4. The van der Waals surface area contributed by atoms with Gasteiger partial charge < -0.3 is 26.8 Å². The van der Waals surface area contributed by atoms with E-state index in [4.69, 9.17) is 5.73 Å². The molecule has 0 fully saturated rings. The molecule has 2 aromatic carbocycles. The van der Waals surface area contributed by atoms with Crippen LogP contribution in [0.3, 0.4) is 0 Å². The Balaban J connectivity index is 1.98. The van der Waals surface area contributed by atoms with Gasteiger partial charge in [-0.05, 0) is 42.0 Å². The van der Waals surface area contributed by atoms with Crippen molar-refractivity contribution in [2.45, 2.75) is 58.2 Å². The number of carbonyl (C=O) groups is 5. The van der Waals surface area contributed by atoms with Gasteiger partial charge in [-0.15, -0.1) is 0 Å². The highest BCUT2D eigenvalue weighted by molar-refractivity contribution is 5.93. The van der Waals surface area contributed by atoms with Gasteiger partial charge in [0, 0.05) is 13.3 Å². The molecular weight excluding hydrogens is 516 g/mol. The first-order valence-electron chi connectivity index (χ1n) is 13.0. The normalized spacial score (nSPS) is 12.9. The molecule has 0 spiro atoms. The number of amides is 5. The van der Waals surface area contributed by atoms with Crippen LogP contribution in [0, 0.1) is 5.92 Å². The zero-order chi connectivity index (χ0) is 29.7. The molecule has 5 amide bonds. The number of benzene rings is 2. The predicted molar refractivity (Wildman–Crippen MR) is 148 cm³/mol. The van der Waals surface area contributed by atoms with Crippen LogP contribution < -0.4 is 32.5 Å². The largest absolute Gasteiger partial charge is 0.508 e. The van der Waals surface area contributed by atoms with Gasteiger partial charge in [0.1, 0.15) is 17.8 Å². The number of aromatic hydroxyl groups is 1. The summed E-state index contributed by atoms with van der Waals surface area (Å²) in [5.41, 5.74) is 12.0. The van der Waals surface area contributed by atoms with E-state index in [0.717, 1.165) is 11.1 Å². The van der Waals surface area contributed by atoms with Crippen LogP contribution in [0.25, 0.3) is 0 Å². The number of phenols is 1. The van der Waals surface area contributed by atoms with Crippen molar-refractivity contribution in [1.29, 1.82) is 0 Å². The molecule has 3 atom stereocenters. The number of hydrazine groups is 1. The summed E-state index contributed by atoms with van der Waals surface area (Å²) in [5.74, 6) is -2.71. The summed E-state index contributed by atoms with van der Waals surface area (Å²) < 4.78 is 0. The van der Waals surface area contributed by atoms with Crippen LogP contribution in [-0.4, -0.2) is 59.3 Å². The Morgan fingerprint density at radius 1 is 0.775 bits per heavy atom. The minimum absolute atomic E-state index is 0.0472. The second kappa shape index (κ2) is 15.8. The number of carbonyl (C=O) groups excluding carboxylic acids is 5. The van der Waals surface area contributed by atoms with Crippen molar-refractivity contribution in [2.75, 3.05) is 6.54 Å². The predicted octanol–water partition coefficient (Wildman–Crippen LogP) is -0.196. The Morgan fingerprint density at radius 3 is 2.00 bits per heavy atom. The van der Waals surface area contributed by atoms with E-state index in [9.17, 15) is 29.1 Å². The van der Waals surface area contributed by atoms with Gasteiger partial charge in [0.15, 0.2) is 0 Å². The number of nitrogens with one attached hydrogen (secondary N) is 5. The molecule has 40 heavy (non-hydrogen) atoms. The maximum Gasteiger partial charge on any atom is 0.261 e. The zero-order valence-corrected chi connectivity index (χ0v) is 22.9. The monoisotopic (exact) mass is 554 g/mol. The molecule has 0 saturated carbocycles. The summed E-state index contributed by atoms with van der Waals surface area (Å²) in [6.45, 7) is 4.56.